The summed E-state index contributed by atoms with van der Waals surface area (Å²) >= 11 is 0. The number of fused-ring (bicyclic) bond motifs is 2. The second-order valence-electron chi connectivity index (χ2n) is 8.45. The monoisotopic (exact) mass is 267 g/mol. The molecule has 0 aliphatic carbocycles. The van der Waals surface area contributed by atoms with Gasteiger partial charge in [-0.15, -0.1) is 0 Å². The quantitative estimate of drug-likeness (QED) is 0.777. The predicted octanol–water partition coefficient (Wildman–Crippen LogP) is 2.27. The van der Waals surface area contributed by atoms with Crippen molar-refractivity contribution in [3.05, 3.63) is 0 Å². The minimum atomic E-state index is 0.288. The summed E-state index contributed by atoms with van der Waals surface area (Å²) < 4.78 is 0. The van der Waals surface area contributed by atoms with E-state index in [0.29, 0.717) is 5.54 Å². The Balaban J connectivity index is 1.82. The summed E-state index contributed by atoms with van der Waals surface area (Å²) in [4.78, 5) is 7.90. The Labute approximate surface area is 119 Å². The topological polar surface area (TPSA) is 9.72 Å². The average Bonchev–Trinajstić information content (AvgIpc) is 2.82. The van der Waals surface area contributed by atoms with E-state index < -0.39 is 0 Å². The van der Waals surface area contributed by atoms with Gasteiger partial charge >= 0.3 is 0 Å². The van der Waals surface area contributed by atoms with Crippen LogP contribution in [0.5, 0.6) is 0 Å². The Hall–Kier alpha value is -0.120. The molecular weight excluding hydrogens is 234 g/mol. The fourth-order valence-corrected chi connectivity index (χ4v) is 3.46. The lowest BCUT2D eigenvalue weighted by Crippen LogP contribution is -2.54. The molecule has 2 atom stereocenters. The molecule has 3 heteroatoms. The van der Waals surface area contributed by atoms with Crippen LogP contribution < -0.4 is 0 Å². The molecule has 2 aliphatic heterocycles. The highest BCUT2D eigenvalue weighted by Crippen LogP contribution is 2.35. The van der Waals surface area contributed by atoms with Crippen LogP contribution in [0.2, 0.25) is 0 Å². The average molecular weight is 267 g/mol. The molecule has 0 aromatic heterocycles. The maximum atomic E-state index is 2.72. The maximum absolute atomic E-state index is 2.72. The number of hydrogen-bond acceptors (Lipinski definition) is 3. The summed E-state index contributed by atoms with van der Waals surface area (Å²) in [7, 11) is 2.25. The van der Waals surface area contributed by atoms with Gasteiger partial charge in [0.1, 0.15) is 0 Å². The number of likely N-dealkylation sites (N-methyl/N-ethyl adjacent to an activating group) is 1. The van der Waals surface area contributed by atoms with Crippen LogP contribution in [0.3, 0.4) is 0 Å². The standard InChI is InChI=1S/C16H33N3/c1-15(2,3)17(7)8-9-18-11-14-10-13(18)12-19(14)16(4,5)6/h13-14H,8-12H2,1-7H3. The molecule has 0 aromatic carbocycles. The summed E-state index contributed by atoms with van der Waals surface area (Å²) in [6, 6.07) is 1.60. The van der Waals surface area contributed by atoms with Crippen LogP contribution in [0.4, 0.5) is 0 Å². The minimum Gasteiger partial charge on any atom is -0.300 e. The van der Waals surface area contributed by atoms with Gasteiger partial charge in [0.05, 0.1) is 0 Å². The summed E-state index contributed by atoms with van der Waals surface area (Å²) in [5, 5.41) is 0. The summed E-state index contributed by atoms with van der Waals surface area (Å²) in [5.41, 5.74) is 0.629. The van der Waals surface area contributed by atoms with Gasteiger partial charge in [-0.1, -0.05) is 0 Å². The highest BCUT2D eigenvalue weighted by Gasteiger charge is 2.46. The van der Waals surface area contributed by atoms with Crippen LogP contribution in [0, 0.1) is 0 Å². The number of piperazine rings is 1. The van der Waals surface area contributed by atoms with Gasteiger partial charge in [0.25, 0.3) is 0 Å². The highest BCUT2D eigenvalue weighted by molar-refractivity contribution is 5.03. The number of nitrogens with zero attached hydrogens (tertiary/aromatic N) is 3. The van der Waals surface area contributed by atoms with Gasteiger partial charge in [-0.2, -0.15) is 0 Å². The largest absolute Gasteiger partial charge is 0.300 e. The van der Waals surface area contributed by atoms with Gasteiger partial charge in [-0.05, 0) is 55.0 Å². The van der Waals surface area contributed by atoms with E-state index in [1.54, 1.807) is 0 Å². The molecule has 2 rings (SSSR count). The Kier molecular flexibility index (Phi) is 4.03. The van der Waals surface area contributed by atoms with Crippen molar-refractivity contribution in [3.63, 3.8) is 0 Å². The molecule has 2 unspecified atom stereocenters. The highest BCUT2D eigenvalue weighted by atomic mass is 15.4. The Morgan fingerprint density at radius 3 is 2.05 bits per heavy atom. The lowest BCUT2D eigenvalue weighted by Gasteiger charge is -2.42. The SMILES string of the molecule is CN(CCN1CC2CC1CN2C(C)(C)C)C(C)(C)C. The third kappa shape index (κ3) is 3.32. The van der Waals surface area contributed by atoms with Gasteiger partial charge in [0.15, 0.2) is 0 Å². The molecule has 3 nitrogen and oxygen atoms in total. The third-order valence-corrected chi connectivity index (χ3v) is 5.08. The molecule has 2 bridgehead atoms. The fraction of sp³-hybridized carbons (Fsp3) is 1.00. The van der Waals surface area contributed by atoms with Gasteiger partial charge in [0.2, 0.25) is 0 Å². The number of hydrogen-bond donors (Lipinski definition) is 0. The van der Waals surface area contributed by atoms with Crippen LogP contribution in [0.15, 0.2) is 0 Å². The fourth-order valence-electron chi connectivity index (χ4n) is 3.46. The zero-order valence-corrected chi connectivity index (χ0v) is 14.0. The molecule has 2 saturated heterocycles. The molecule has 0 spiro atoms. The van der Waals surface area contributed by atoms with Crippen molar-refractivity contribution in [1.82, 2.24) is 14.7 Å². The van der Waals surface area contributed by atoms with E-state index in [0.717, 1.165) is 12.1 Å². The first kappa shape index (κ1) is 15.3. The number of likely N-dealkylation sites (tertiary alicyclic amines) is 2. The Morgan fingerprint density at radius 1 is 1.00 bits per heavy atom. The minimum absolute atomic E-state index is 0.288. The molecule has 0 N–H and O–H groups in total. The summed E-state index contributed by atoms with van der Waals surface area (Å²) in [6.07, 6.45) is 1.39. The summed E-state index contributed by atoms with van der Waals surface area (Å²) in [6.45, 7) is 18.9. The van der Waals surface area contributed by atoms with Gasteiger partial charge in [0, 0.05) is 49.3 Å². The van der Waals surface area contributed by atoms with E-state index in [1.165, 1.54) is 32.6 Å². The molecule has 0 amide bonds. The van der Waals surface area contributed by atoms with Crippen molar-refractivity contribution in [1.29, 1.82) is 0 Å². The van der Waals surface area contributed by atoms with Crippen LogP contribution in [-0.4, -0.2) is 71.1 Å². The molecule has 112 valence electrons. The van der Waals surface area contributed by atoms with Crippen LogP contribution in [-0.2, 0) is 0 Å². The van der Waals surface area contributed by atoms with E-state index in [-0.39, 0.29) is 5.54 Å². The van der Waals surface area contributed by atoms with E-state index in [9.17, 15) is 0 Å². The molecule has 2 heterocycles. The molecule has 0 saturated carbocycles. The van der Waals surface area contributed by atoms with Crippen LogP contribution in [0.25, 0.3) is 0 Å². The van der Waals surface area contributed by atoms with E-state index in [1.807, 2.05) is 0 Å². The maximum Gasteiger partial charge on any atom is 0.0244 e. The van der Waals surface area contributed by atoms with Crippen molar-refractivity contribution in [2.75, 3.05) is 33.2 Å². The van der Waals surface area contributed by atoms with Crippen molar-refractivity contribution in [2.45, 2.75) is 71.1 Å². The van der Waals surface area contributed by atoms with Crippen LogP contribution in [0.1, 0.15) is 48.0 Å². The zero-order chi connectivity index (χ0) is 14.4. The zero-order valence-electron chi connectivity index (χ0n) is 14.0. The van der Waals surface area contributed by atoms with Crippen molar-refractivity contribution in [2.24, 2.45) is 0 Å². The van der Waals surface area contributed by atoms with Crippen molar-refractivity contribution < 1.29 is 0 Å². The molecular formula is C16H33N3. The van der Waals surface area contributed by atoms with Gasteiger partial charge < -0.3 is 4.90 Å². The smallest absolute Gasteiger partial charge is 0.0244 e. The van der Waals surface area contributed by atoms with Crippen molar-refractivity contribution in [3.8, 4) is 0 Å². The van der Waals surface area contributed by atoms with Gasteiger partial charge in [-0.25, -0.2) is 0 Å². The Bertz CT molecular complexity index is 313. The van der Waals surface area contributed by atoms with Crippen LogP contribution >= 0.6 is 0 Å². The lowest BCUT2D eigenvalue weighted by atomic mass is 10.0. The second-order valence-corrected chi connectivity index (χ2v) is 8.45. The molecule has 2 fully saturated rings. The Morgan fingerprint density at radius 2 is 1.63 bits per heavy atom. The third-order valence-electron chi connectivity index (χ3n) is 5.08. The van der Waals surface area contributed by atoms with E-state index in [4.69, 9.17) is 0 Å². The molecule has 19 heavy (non-hydrogen) atoms. The van der Waals surface area contributed by atoms with Gasteiger partial charge in [-0.3, -0.25) is 9.80 Å². The predicted molar refractivity (Wildman–Crippen MR) is 82.6 cm³/mol. The molecule has 2 aliphatic rings. The first-order valence-electron chi connectivity index (χ1n) is 7.81. The second kappa shape index (κ2) is 5.01. The van der Waals surface area contributed by atoms with Crippen molar-refractivity contribution >= 4 is 0 Å². The first-order valence-corrected chi connectivity index (χ1v) is 7.81. The molecule has 0 radical (unpaired) electrons. The lowest BCUT2D eigenvalue weighted by molar-refractivity contribution is 0.0493. The summed E-state index contributed by atoms with van der Waals surface area (Å²) in [5.74, 6) is 0. The number of rotatable bonds is 3. The van der Waals surface area contributed by atoms with E-state index >= 15 is 0 Å². The molecule has 0 aromatic rings. The normalized spacial score (nSPS) is 29.7. The van der Waals surface area contributed by atoms with E-state index in [2.05, 4.69) is 63.3 Å². The first-order chi connectivity index (χ1) is 8.59.